The second kappa shape index (κ2) is 6.67. The van der Waals surface area contributed by atoms with Gasteiger partial charge < -0.3 is 0 Å². The number of benzene rings is 1. The van der Waals surface area contributed by atoms with Gasteiger partial charge in [-0.25, -0.2) is 8.42 Å². The summed E-state index contributed by atoms with van der Waals surface area (Å²) < 4.78 is 24.2. The number of rotatable bonds is 7. The molecule has 0 amide bonds. The van der Waals surface area contributed by atoms with Gasteiger partial charge in [0.05, 0.1) is 11.8 Å². The van der Waals surface area contributed by atoms with Crippen molar-refractivity contribution in [2.75, 3.05) is 11.5 Å². The molecule has 0 aliphatic carbocycles. The number of hydrogen-bond acceptors (Lipinski definition) is 5. The van der Waals surface area contributed by atoms with Gasteiger partial charge in [-0.05, 0) is 30.4 Å². The molecule has 0 aliphatic heterocycles. The van der Waals surface area contributed by atoms with Gasteiger partial charge in [0.15, 0.2) is 0 Å². The molecule has 3 N–H and O–H groups in total. The summed E-state index contributed by atoms with van der Waals surface area (Å²) >= 11 is 1.70. The van der Waals surface area contributed by atoms with E-state index >= 15 is 0 Å². The van der Waals surface area contributed by atoms with E-state index in [-0.39, 0.29) is 17.5 Å². The Hall–Kier alpha value is -0.950. The first kappa shape index (κ1) is 15.4. The minimum absolute atomic E-state index is 0.0134. The zero-order chi connectivity index (χ0) is 14.6. The SMILES string of the molecule is CCS(=O)(=O)CCCC(NN)c1cc2ccccc2s1. The van der Waals surface area contributed by atoms with Crippen molar-refractivity contribution < 1.29 is 8.42 Å². The first-order valence-electron chi connectivity index (χ1n) is 6.71. The van der Waals surface area contributed by atoms with Gasteiger partial charge in [-0.2, -0.15) is 0 Å². The van der Waals surface area contributed by atoms with Gasteiger partial charge in [0.1, 0.15) is 9.84 Å². The third kappa shape index (κ3) is 3.79. The normalized spacial score (nSPS) is 13.7. The van der Waals surface area contributed by atoms with Gasteiger partial charge in [0, 0.05) is 15.3 Å². The van der Waals surface area contributed by atoms with Crippen molar-refractivity contribution >= 4 is 31.3 Å². The molecule has 0 fully saturated rings. The minimum Gasteiger partial charge on any atom is -0.271 e. The van der Waals surface area contributed by atoms with E-state index < -0.39 is 9.84 Å². The zero-order valence-electron chi connectivity index (χ0n) is 11.5. The van der Waals surface area contributed by atoms with E-state index in [0.29, 0.717) is 6.42 Å². The molecule has 1 heterocycles. The number of thiophene rings is 1. The van der Waals surface area contributed by atoms with E-state index in [1.165, 1.54) is 10.1 Å². The molecule has 0 aliphatic rings. The Bertz CT molecular complexity index is 632. The summed E-state index contributed by atoms with van der Waals surface area (Å²) in [6.45, 7) is 1.68. The van der Waals surface area contributed by atoms with Crippen LogP contribution in [0.15, 0.2) is 30.3 Å². The predicted octanol–water partition coefficient (Wildman–Crippen LogP) is 2.62. The molecule has 0 spiro atoms. The Morgan fingerprint density at radius 3 is 2.75 bits per heavy atom. The van der Waals surface area contributed by atoms with Crippen molar-refractivity contribution in [3.8, 4) is 0 Å². The summed E-state index contributed by atoms with van der Waals surface area (Å²) in [6, 6.07) is 10.3. The molecule has 0 saturated heterocycles. The Morgan fingerprint density at radius 2 is 2.10 bits per heavy atom. The molecule has 1 atom stereocenters. The molecule has 20 heavy (non-hydrogen) atoms. The Balaban J connectivity index is 2.04. The van der Waals surface area contributed by atoms with Gasteiger partial charge in [-0.1, -0.05) is 25.1 Å². The lowest BCUT2D eigenvalue weighted by molar-refractivity contribution is 0.514. The van der Waals surface area contributed by atoms with Gasteiger partial charge in [-0.3, -0.25) is 11.3 Å². The van der Waals surface area contributed by atoms with Crippen molar-refractivity contribution in [2.45, 2.75) is 25.8 Å². The summed E-state index contributed by atoms with van der Waals surface area (Å²) in [5.41, 5.74) is 2.80. The van der Waals surface area contributed by atoms with Gasteiger partial charge >= 0.3 is 0 Å². The second-order valence-corrected chi connectivity index (χ2v) is 8.37. The standard InChI is InChI=1S/C14H20N2O2S2/c1-2-20(17,18)9-5-7-12(16-15)14-10-11-6-3-4-8-13(11)19-14/h3-4,6,8,10,12,16H,2,5,7,9,15H2,1H3. The van der Waals surface area contributed by atoms with Gasteiger partial charge in [-0.15, -0.1) is 11.3 Å². The molecule has 2 rings (SSSR count). The average molecular weight is 312 g/mol. The number of nitrogens with two attached hydrogens (primary N) is 1. The van der Waals surface area contributed by atoms with E-state index in [1.807, 2.05) is 12.1 Å². The quantitative estimate of drug-likeness (QED) is 0.609. The molecule has 1 aromatic heterocycles. The maximum Gasteiger partial charge on any atom is 0.150 e. The summed E-state index contributed by atoms with van der Waals surface area (Å²) in [4.78, 5) is 1.16. The Kier molecular flexibility index (Phi) is 5.15. The van der Waals surface area contributed by atoms with E-state index in [9.17, 15) is 8.42 Å². The first-order valence-corrected chi connectivity index (χ1v) is 9.34. The highest BCUT2D eigenvalue weighted by molar-refractivity contribution is 7.91. The molecule has 0 saturated carbocycles. The Labute approximate surface area is 123 Å². The number of hydrazine groups is 1. The van der Waals surface area contributed by atoms with Gasteiger partial charge in [0.25, 0.3) is 0 Å². The number of hydrogen-bond donors (Lipinski definition) is 2. The van der Waals surface area contributed by atoms with Crippen LogP contribution in [0.4, 0.5) is 0 Å². The smallest absolute Gasteiger partial charge is 0.150 e. The van der Waals surface area contributed by atoms with E-state index in [1.54, 1.807) is 18.3 Å². The third-order valence-electron chi connectivity index (χ3n) is 3.38. The number of fused-ring (bicyclic) bond motifs is 1. The van der Waals surface area contributed by atoms with Crippen molar-refractivity contribution in [3.05, 3.63) is 35.2 Å². The molecule has 1 aromatic carbocycles. The maximum absolute atomic E-state index is 11.5. The van der Waals surface area contributed by atoms with Crippen LogP contribution in [0.2, 0.25) is 0 Å². The summed E-state index contributed by atoms with van der Waals surface area (Å²) in [5, 5.41) is 1.20. The van der Waals surface area contributed by atoms with Crippen LogP contribution in [-0.4, -0.2) is 19.9 Å². The highest BCUT2D eigenvalue weighted by Gasteiger charge is 2.15. The minimum atomic E-state index is -2.90. The van der Waals surface area contributed by atoms with Crippen LogP contribution in [0, 0.1) is 0 Å². The van der Waals surface area contributed by atoms with E-state index in [2.05, 4.69) is 23.6 Å². The highest BCUT2D eigenvalue weighted by Crippen LogP contribution is 2.31. The fraction of sp³-hybridized carbons (Fsp3) is 0.429. The largest absolute Gasteiger partial charge is 0.271 e. The average Bonchev–Trinajstić information content (AvgIpc) is 2.87. The molecular weight excluding hydrogens is 292 g/mol. The third-order valence-corrected chi connectivity index (χ3v) is 6.40. The van der Waals surface area contributed by atoms with Gasteiger partial charge in [0.2, 0.25) is 0 Å². The van der Waals surface area contributed by atoms with Crippen LogP contribution in [0.5, 0.6) is 0 Å². The fourth-order valence-corrected chi connectivity index (χ4v) is 4.19. The molecule has 0 radical (unpaired) electrons. The monoisotopic (exact) mass is 312 g/mol. The Morgan fingerprint density at radius 1 is 1.35 bits per heavy atom. The summed E-state index contributed by atoms with van der Waals surface area (Å²) in [7, 11) is -2.90. The first-order chi connectivity index (χ1) is 9.55. The van der Waals surface area contributed by atoms with Crippen LogP contribution in [-0.2, 0) is 9.84 Å². The molecule has 4 nitrogen and oxygen atoms in total. The molecule has 1 unspecified atom stereocenters. The van der Waals surface area contributed by atoms with Crippen LogP contribution in [0.3, 0.4) is 0 Å². The van der Waals surface area contributed by atoms with Crippen LogP contribution < -0.4 is 11.3 Å². The van der Waals surface area contributed by atoms with Crippen LogP contribution >= 0.6 is 11.3 Å². The lowest BCUT2D eigenvalue weighted by atomic mass is 10.1. The lowest BCUT2D eigenvalue weighted by Gasteiger charge is -2.13. The maximum atomic E-state index is 11.5. The molecule has 0 bridgehead atoms. The van der Waals surface area contributed by atoms with Crippen LogP contribution in [0.25, 0.3) is 10.1 Å². The topological polar surface area (TPSA) is 72.2 Å². The highest BCUT2D eigenvalue weighted by atomic mass is 32.2. The lowest BCUT2D eigenvalue weighted by Crippen LogP contribution is -2.27. The predicted molar refractivity (Wildman–Crippen MR) is 85.5 cm³/mol. The molecule has 2 aromatic rings. The van der Waals surface area contributed by atoms with E-state index in [4.69, 9.17) is 5.84 Å². The molecule has 110 valence electrons. The fourth-order valence-electron chi connectivity index (χ4n) is 2.13. The van der Waals surface area contributed by atoms with Crippen molar-refractivity contribution in [2.24, 2.45) is 5.84 Å². The van der Waals surface area contributed by atoms with Crippen molar-refractivity contribution in [3.63, 3.8) is 0 Å². The molecular formula is C14H20N2O2S2. The van der Waals surface area contributed by atoms with Crippen LogP contribution in [0.1, 0.15) is 30.7 Å². The summed E-state index contributed by atoms with van der Waals surface area (Å²) in [6.07, 6.45) is 1.35. The van der Waals surface area contributed by atoms with E-state index in [0.717, 1.165) is 11.3 Å². The second-order valence-electron chi connectivity index (χ2n) is 4.78. The summed E-state index contributed by atoms with van der Waals surface area (Å²) in [5.74, 6) is 6.05. The molecule has 6 heteroatoms. The van der Waals surface area contributed by atoms with Crippen molar-refractivity contribution in [1.29, 1.82) is 0 Å². The number of sulfone groups is 1. The zero-order valence-corrected chi connectivity index (χ0v) is 13.1. The number of nitrogens with one attached hydrogen (secondary N) is 1. The van der Waals surface area contributed by atoms with Crippen molar-refractivity contribution in [1.82, 2.24) is 5.43 Å².